The van der Waals surface area contributed by atoms with Gasteiger partial charge in [-0.15, -0.1) is 0 Å². The summed E-state index contributed by atoms with van der Waals surface area (Å²) in [6.07, 6.45) is 5.88. The second kappa shape index (κ2) is 5.63. The molecular formula is C11H16NO3. The zero-order valence-corrected chi connectivity index (χ0v) is 8.69. The molecule has 1 atom stereocenters. The Morgan fingerprint density at radius 3 is 2.47 bits per heavy atom. The lowest BCUT2D eigenvalue weighted by Crippen LogP contribution is -2.27. The van der Waals surface area contributed by atoms with E-state index in [-0.39, 0.29) is 11.7 Å². The minimum absolute atomic E-state index is 0.0211. The molecule has 0 unspecified atom stereocenters. The third kappa shape index (κ3) is 3.81. The first-order valence-electron chi connectivity index (χ1n) is 5.24. The normalized spacial score (nSPS) is 20.3. The number of hydrogen-bond donors (Lipinski definition) is 1. The zero-order chi connectivity index (χ0) is 11.3. The highest BCUT2D eigenvalue weighted by atomic mass is 16.4. The van der Waals surface area contributed by atoms with Gasteiger partial charge in [0.1, 0.15) is 12.3 Å². The lowest BCUT2D eigenvalue weighted by atomic mass is 9.84. The van der Waals surface area contributed by atoms with E-state index < -0.39 is 12.0 Å². The van der Waals surface area contributed by atoms with E-state index in [0.29, 0.717) is 0 Å². The Morgan fingerprint density at radius 2 is 1.93 bits per heavy atom. The van der Waals surface area contributed by atoms with Crippen LogP contribution in [0.15, 0.2) is 4.99 Å². The van der Waals surface area contributed by atoms with Gasteiger partial charge in [-0.25, -0.2) is 4.79 Å². The highest BCUT2D eigenvalue weighted by Crippen LogP contribution is 2.25. The summed E-state index contributed by atoms with van der Waals surface area (Å²) in [5, 5.41) is 8.37. The summed E-state index contributed by atoms with van der Waals surface area (Å²) in [5.74, 6) is -1.13. The molecule has 0 aromatic carbocycles. The SMILES string of the molecule is [CH2][C@H](N=CC(=O)O)C(=O)C1CCCCC1. The Morgan fingerprint density at radius 1 is 1.33 bits per heavy atom. The lowest BCUT2D eigenvalue weighted by molar-refractivity contribution is -0.128. The Balaban J connectivity index is 2.47. The Hall–Kier alpha value is -1.19. The second-order valence-electron chi connectivity index (χ2n) is 3.87. The average molecular weight is 210 g/mol. The molecule has 0 saturated heterocycles. The van der Waals surface area contributed by atoms with Crippen molar-refractivity contribution in [2.75, 3.05) is 0 Å². The van der Waals surface area contributed by atoms with Gasteiger partial charge in [0.25, 0.3) is 0 Å². The topological polar surface area (TPSA) is 66.7 Å². The number of aliphatic imine (C=N–C) groups is 1. The number of carbonyl (C=O) groups is 2. The van der Waals surface area contributed by atoms with Gasteiger partial charge < -0.3 is 5.11 Å². The fourth-order valence-electron chi connectivity index (χ4n) is 1.89. The second-order valence-corrected chi connectivity index (χ2v) is 3.87. The van der Waals surface area contributed by atoms with Crippen LogP contribution in [0.5, 0.6) is 0 Å². The number of carboxylic acids is 1. The van der Waals surface area contributed by atoms with Crippen molar-refractivity contribution in [2.24, 2.45) is 10.9 Å². The summed E-state index contributed by atoms with van der Waals surface area (Å²) >= 11 is 0. The predicted molar refractivity (Wildman–Crippen MR) is 56.9 cm³/mol. The van der Waals surface area contributed by atoms with Gasteiger partial charge in [0.15, 0.2) is 5.78 Å². The Labute approximate surface area is 89.4 Å². The largest absolute Gasteiger partial charge is 0.477 e. The monoisotopic (exact) mass is 210 g/mol. The molecule has 0 bridgehead atoms. The maximum absolute atomic E-state index is 11.7. The molecule has 0 aliphatic heterocycles. The number of nitrogens with zero attached hydrogens (tertiary/aromatic N) is 1. The fourth-order valence-corrected chi connectivity index (χ4v) is 1.89. The zero-order valence-electron chi connectivity index (χ0n) is 8.69. The molecule has 4 heteroatoms. The number of rotatable bonds is 4. The molecule has 1 radical (unpaired) electrons. The molecule has 83 valence electrons. The number of ketones is 1. The summed E-state index contributed by atoms with van der Waals surface area (Å²) in [4.78, 5) is 25.6. The molecule has 15 heavy (non-hydrogen) atoms. The van der Waals surface area contributed by atoms with E-state index >= 15 is 0 Å². The standard InChI is InChI=1S/C11H16NO3/c1-8(12-7-10(13)14)11(15)9-5-3-2-4-6-9/h7-9H,1-6H2,(H,13,14)/t8-/m0/s1. The fraction of sp³-hybridized carbons (Fsp3) is 0.636. The van der Waals surface area contributed by atoms with Crippen LogP contribution in [-0.4, -0.2) is 29.1 Å². The summed E-state index contributed by atoms with van der Waals surface area (Å²) in [5.41, 5.74) is 0. The molecule has 0 spiro atoms. The molecule has 4 nitrogen and oxygen atoms in total. The van der Waals surface area contributed by atoms with Crippen LogP contribution in [0, 0.1) is 12.8 Å². The van der Waals surface area contributed by atoms with Gasteiger partial charge in [-0.05, 0) is 19.8 Å². The molecule has 0 aromatic heterocycles. The number of Topliss-reactive ketones (excluding diaryl/α,β-unsaturated/α-hetero) is 1. The molecule has 1 aliphatic rings. The van der Waals surface area contributed by atoms with E-state index in [0.717, 1.165) is 31.9 Å². The minimum Gasteiger partial charge on any atom is -0.477 e. The van der Waals surface area contributed by atoms with E-state index in [4.69, 9.17) is 5.11 Å². The maximum atomic E-state index is 11.7. The molecule has 1 rings (SSSR count). The van der Waals surface area contributed by atoms with Crippen molar-refractivity contribution < 1.29 is 14.7 Å². The molecule has 1 saturated carbocycles. The highest BCUT2D eigenvalue weighted by molar-refractivity contribution is 6.22. The van der Waals surface area contributed by atoms with Crippen LogP contribution in [0.25, 0.3) is 0 Å². The summed E-state index contributed by atoms with van der Waals surface area (Å²) in [6.45, 7) is 3.57. The number of aliphatic carboxylic acids is 1. The predicted octanol–water partition coefficient (Wildman–Crippen LogP) is 1.49. The van der Waals surface area contributed by atoms with Crippen molar-refractivity contribution >= 4 is 18.0 Å². The highest BCUT2D eigenvalue weighted by Gasteiger charge is 2.24. The summed E-state index contributed by atoms with van der Waals surface area (Å²) < 4.78 is 0. The first kappa shape index (κ1) is 11.9. The van der Waals surface area contributed by atoms with Crippen molar-refractivity contribution in [1.29, 1.82) is 0 Å². The molecule has 1 fully saturated rings. The maximum Gasteiger partial charge on any atom is 0.346 e. The van der Waals surface area contributed by atoms with Crippen LogP contribution in [-0.2, 0) is 9.59 Å². The van der Waals surface area contributed by atoms with Crippen molar-refractivity contribution in [3.8, 4) is 0 Å². The average Bonchev–Trinajstić information content (AvgIpc) is 2.26. The van der Waals surface area contributed by atoms with Crippen LogP contribution in [0.2, 0.25) is 0 Å². The quantitative estimate of drug-likeness (QED) is 0.715. The Bertz CT molecular complexity index is 267. The number of carbonyl (C=O) groups excluding carboxylic acids is 1. The van der Waals surface area contributed by atoms with Crippen LogP contribution >= 0.6 is 0 Å². The molecule has 1 aliphatic carbocycles. The smallest absolute Gasteiger partial charge is 0.346 e. The minimum atomic E-state index is -1.14. The van der Waals surface area contributed by atoms with Gasteiger partial charge in [0, 0.05) is 5.92 Å². The molecule has 0 heterocycles. The van der Waals surface area contributed by atoms with Crippen molar-refractivity contribution in [2.45, 2.75) is 38.1 Å². The third-order valence-corrected chi connectivity index (χ3v) is 2.70. The van der Waals surface area contributed by atoms with Gasteiger partial charge in [0.2, 0.25) is 0 Å². The van der Waals surface area contributed by atoms with Crippen LogP contribution in [0.4, 0.5) is 0 Å². The van der Waals surface area contributed by atoms with E-state index in [2.05, 4.69) is 11.9 Å². The van der Waals surface area contributed by atoms with E-state index in [1.165, 1.54) is 6.42 Å². The van der Waals surface area contributed by atoms with Gasteiger partial charge in [-0.1, -0.05) is 19.3 Å². The van der Waals surface area contributed by atoms with Crippen molar-refractivity contribution in [3.63, 3.8) is 0 Å². The van der Waals surface area contributed by atoms with Gasteiger partial charge in [-0.2, -0.15) is 0 Å². The molecule has 0 aromatic rings. The van der Waals surface area contributed by atoms with Crippen molar-refractivity contribution in [1.82, 2.24) is 0 Å². The van der Waals surface area contributed by atoms with Crippen LogP contribution in [0.1, 0.15) is 32.1 Å². The molecule has 0 amide bonds. The lowest BCUT2D eigenvalue weighted by Gasteiger charge is -2.21. The van der Waals surface area contributed by atoms with Crippen LogP contribution < -0.4 is 0 Å². The molecular weight excluding hydrogens is 194 g/mol. The summed E-state index contributed by atoms with van der Waals surface area (Å²) in [7, 11) is 0. The Kier molecular flexibility index (Phi) is 4.46. The van der Waals surface area contributed by atoms with E-state index in [1.807, 2.05) is 0 Å². The van der Waals surface area contributed by atoms with Gasteiger partial charge in [-0.3, -0.25) is 9.79 Å². The number of hydrogen-bond acceptors (Lipinski definition) is 3. The first-order valence-corrected chi connectivity index (χ1v) is 5.24. The van der Waals surface area contributed by atoms with Crippen molar-refractivity contribution in [3.05, 3.63) is 6.92 Å². The van der Waals surface area contributed by atoms with E-state index in [9.17, 15) is 9.59 Å². The van der Waals surface area contributed by atoms with Crippen LogP contribution in [0.3, 0.4) is 0 Å². The molecule has 1 N–H and O–H groups in total. The number of carboxylic acid groups (broad SMARTS) is 1. The first-order chi connectivity index (χ1) is 7.11. The third-order valence-electron chi connectivity index (χ3n) is 2.70. The van der Waals surface area contributed by atoms with E-state index in [1.54, 1.807) is 0 Å². The summed E-state index contributed by atoms with van der Waals surface area (Å²) in [6, 6.07) is -0.760. The van der Waals surface area contributed by atoms with Gasteiger partial charge in [0.05, 0.1) is 0 Å². The van der Waals surface area contributed by atoms with Gasteiger partial charge >= 0.3 is 5.97 Å².